The Bertz CT molecular complexity index is 917. The number of nitrogens with zero attached hydrogens (tertiary/aromatic N) is 4. The molecule has 1 N–H and O–H groups in total. The average molecular weight is 354 g/mol. The Labute approximate surface area is 151 Å². The van der Waals surface area contributed by atoms with Gasteiger partial charge in [0.15, 0.2) is 11.5 Å². The van der Waals surface area contributed by atoms with Gasteiger partial charge in [0, 0.05) is 25.4 Å². The number of hydrogen-bond acceptors (Lipinski definition) is 7. The Hall–Kier alpha value is -2.67. The lowest BCUT2D eigenvalue weighted by Gasteiger charge is -2.34. The molecule has 26 heavy (non-hydrogen) atoms. The van der Waals surface area contributed by atoms with Gasteiger partial charge in [-0.15, -0.1) is 0 Å². The molecule has 0 spiro atoms. The third-order valence-electron chi connectivity index (χ3n) is 4.79. The predicted molar refractivity (Wildman–Crippen MR) is 96.7 cm³/mol. The van der Waals surface area contributed by atoms with Crippen molar-refractivity contribution in [3.63, 3.8) is 0 Å². The normalized spacial score (nSPS) is 20.5. The van der Waals surface area contributed by atoms with E-state index in [1.54, 1.807) is 6.20 Å². The molecule has 0 radical (unpaired) electrons. The molecule has 0 aliphatic carbocycles. The van der Waals surface area contributed by atoms with Crippen LogP contribution in [0.3, 0.4) is 0 Å². The highest BCUT2D eigenvalue weighted by molar-refractivity contribution is 5.76. The van der Waals surface area contributed by atoms with E-state index in [2.05, 4.69) is 15.0 Å². The van der Waals surface area contributed by atoms with Crippen LogP contribution in [0.1, 0.15) is 24.8 Å². The third kappa shape index (κ3) is 3.10. The summed E-state index contributed by atoms with van der Waals surface area (Å²) in [4.78, 5) is 11.4. The molecule has 1 saturated heterocycles. The highest BCUT2D eigenvalue weighted by Gasteiger charge is 2.27. The number of anilines is 1. The van der Waals surface area contributed by atoms with Gasteiger partial charge in [0.05, 0.1) is 17.4 Å². The van der Waals surface area contributed by atoms with E-state index in [0.29, 0.717) is 29.6 Å². The first-order valence-electron chi connectivity index (χ1n) is 8.82. The molecule has 1 fully saturated rings. The van der Waals surface area contributed by atoms with Gasteiger partial charge in [-0.25, -0.2) is 9.97 Å². The number of hydrogen-bond donors (Lipinski definition) is 1. The summed E-state index contributed by atoms with van der Waals surface area (Å²) in [7, 11) is 0. The fourth-order valence-electron chi connectivity index (χ4n) is 3.26. The quantitative estimate of drug-likeness (QED) is 0.772. The van der Waals surface area contributed by atoms with Crippen LogP contribution in [0.2, 0.25) is 0 Å². The molecular formula is C19H22N4O3. The summed E-state index contributed by atoms with van der Waals surface area (Å²) >= 11 is 0. The van der Waals surface area contributed by atoms with Crippen LogP contribution in [0.5, 0.6) is 0 Å². The van der Waals surface area contributed by atoms with Crippen molar-refractivity contribution in [3.8, 4) is 22.8 Å². The van der Waals surface area contributed by atoms with E-state index >= 15 is 0 Å². The zero-order valence-electron chi connectivity index (χ0n) is 15.1. The monoisotopic (exact) mass is 354 g/mol. The van der Waals surface area contributed by atoms with Crippen LogP contribution >= 0.6 is 0 Å². The second kappa shape index (κ2) is 6.57. The van der Waals surface area contributed by atoms with Crippen LogP contribution in [-0.2, 0) is 0 Å². The predicted octanol–water partition coefficient (Wildman–Crippen LogP) is 3.22. The maximum absolute atomic E-state index is 9.97. The second-order valence-corrected chi connectivity index (χ2v) is 6.95. The number of aryl methyl sites for hydroxylation is 2. The van der Waals surface area contributed by atoms with Gasteiger partial charge in [0.2, 0.25) is 5.95 Å². The van der Waals surface area contributed by atoms with Gasteiger partial charge in [-0.2, -0.15) is 0 Å². The number of aliphatic hydroxyl groups excluding tert-OH is 1. The molecule has 0 amide bonds. The minimum atomic E-state index is -0.269. The highest BCUT2D eigenvalue weighted by Crippen LogP contribution is 2.33. The van der Waals surface area contributed by atoms with E-state index in [1.807, 2.05) is 39.0 Å². The van der Waals surface area contributed by atoms with Crippen molar-refractivity contribution in [1.29, 1.82) is 0 Å². The Kier molecular flexibility index (Phi) is 4.24. The second-order valence-electron chi connectivity index (χ2n) is 6.95. The zero-order chi connectivity index (χ0) is 18.3. The maximum atomic E-state index is 9.97. The number of aromatic nitrogens is 3. The van der Waals surface area contributed by atoms with E-state index in [4.69, 9.17) is 13.9 Å². The summed E-state index contributed by atoms with van der Waals surface area (Å²) in [6.45, 7) is 7.26. The topological polar surface area (TPSA) is 88.4 Å². The summed E-state index contributed by atoms with van der Waals surface area (Å²) in [5, 5.41) is 13.9. The Balaban J connectivity index is 1.77. The van der Waals surface area contributed by atoms with Gasteiger partial charge in [-0.3, -0.25) is 0 Å². The minimum Gasteiger partial charge on any atom is -0.460 e. The molecule has 0 unspecified atom stereocenters. The molecule has 3 aromatic heterocycles. The molecule has 4 heterocycles. The zero-order valence-corrected chi connectivity index (χ0v) is 15.1. The molecule has 1 aliphatic rings. The van der Waals surface area contributed by atoms with Crippen LogP contribution in [0, 0.1) is 19.8 Å². The lowest BCUT2D eigenvalue weighted by Crippen LogP contribution is -2.42. The molecule has 136 valence electrons. The number of piperidine rings is 1. The molecule has 1 aliphatic heterocycles. The van der Waals surface area contributed by atoms with Gasteiger partial charge in [-0.05, 0) is 38.3 Å². The van der Waals surface area contributed by atoms with Crippen molar-refractivity contribution in [2.45, 2.75) is 33.3 Å². The highest BCUT2D eigenvalue weighted by atomic mass is 16.5. The molecular weight excluding hydrogens is 332 g/mol. The van der Waals surface area contributed by atoms with Crippen molar-refractivity contribution in [2.75, 3.05) is 18.0 Å². The van der Waals surface area contributed by atoms with E-state index in [-0.39, 0.29) is 12.0 Å². The summed E-state index contributed by atoms with van der Waals surface area (Å²) in [6, 6.07) is 5.67. The maximum Gasteiger partial charge on any atom is 0.226 e. The van der Waals surface area contributed by atoms with E-state index < -0.39 is 0 Å². The molecule has 7 heteroatoms. The van der Waals surface area contributed by atoms with Crippen molar-refractivity contribution >= 4 is 5.95 Å². The van der Waals surface area contributed by atoms with Gasteiger partial charge in [0.1, 0.15) is 11.5 Å². The van der Waals surface area contributed by atoms with Crippen molar-refractivity contribution < 1.29 is 14.0 Å². The van der Waals surface area contributed by atoms with Crippen molar-refractivity contribution in [1.82, 2.24) is 15.1 Å². The van der Waals surface area contributed by atoms with Crippen LogP contribution in [0.25, 0.3) is 22.8 Å². The standard InChI is InChI=1S/C19H22N4O3/c1-11-10-23(7-6-15(11)24)19-20-9-14(17-8-12(2)22-26-17)18(21-19)16-5-4-13(3)25-16/h4-5,8-9,11,15,24H,6-7,10H2,1-3H3/t11-,15+/m0/s1. The van der Waals surface area contributed by atoms with Gasteiger partial charge >= 0.3 is 0 Å². The van der Waals surface area contributed by atoms with Crippen LogP contribution in [-0.4, -0.2) is 39.4 Å². The van der Waals surface area contributed by atoms with Crippen LogP contribution in [0.4, 0.5) is 5.95 Å². The lowest BCUT2D eigenvalue weighted by molar-refractivity contribution is 0.0966. The van der Waals surface area contributed by atoms with Crippen molar-refractivity contribution in [3.05, 3.63) is 35.9 Å². The fourth-order valence-corrected chi connectivity index (χ4v) is 3.26. The first-order chi connectivity index (χ1) is 12.5. The largest absolute Gasteiger partial charge is 0.460 e. The molecule has 0 bridgehead atoms. The summed E-state index contributed by atoms with van der Waals surface area (Å²) in [6.07, 6.45) is 2.20. The molecule has 3 aromatic rings. The van der Waals surface area contributed by atoms with E-state index in [1.165, 1.54) is 0 Å². The number of furan rings is 1. The molecule has 0 saturated carbocycles. The lowest BCUT2D eigenvalue weighted by atomic mass is 9.97. The SMILES string of the molecule is Cc1cc(-c2cnc(N3CC[C@@H](O)[C@@H](C)C3)nc2-c2ccc(C)o2)on1. The summed E-state index contributed by atoms with van der Waals surface area (Å²) in [5.41, 5.74) is 2.22. The molecule has 2 atom stereocenters. The van der Waals surface area contributed by atoms with Gasteiger partial charge in [0.25, 0.3) is 0 Å². The van der Waals surface area contributed by atoms with Crippen LogP contribution in [0.15, 0.2) is 33.3 Å². The minimum absolute atomic E-state index is 0.179. The average Bonchev–Trinajstić information content (AvgIpc) is 3.25. The Morgan fingerprint density at radius 1 is 1.23 bits per heavy atom. The van der Waals surface area contributed by atoms with Gasteiger partial charge in [-0.1, -0.05) is 12.1 Å². The number of rotatable bonds is 3. The van der Waals surface area contributed by atoms with Gasteiger partial charge < -0.3 is 18.9 Å². The fraction of sp³-hybridized carbons (Fsp3) is 0.421. The third-order valence-corrected chi connectivity index (χ3v) is 4.79. The Morgan fingerprint density at radius 3 is 2.73 bits per heavy atom. The Morgan fingerprint density at radius 2 is 2.08 bits per heavy atom. The first kappa shape index (κ1) is 16.8. The molecule has 0 aromatic carbocycles. The first-order valence-corrected chi connectivity index (χ1v) is 8.82. The summed E-state index contributed by atoms with van der Waals surface area (Å²) < 4.78 is 11.2. The smallest absolute Gasteiger partial charge is 0.226 e. The van der Waals surface area contributed by atoms with Crippen LogP contribution < -0.4 is 4.90 Å². The van der Waals surface area contributed by atoms with E-state index in [9.17, 15) is 5.11 Å². The molecule has 7 nitrogen and oxygen atoms in total. The summed E-state index contributed by atoms with van der Waals surface area (Å²) in [5.74, 6) is 2.90. The van der Waals surface area contributed by atoms with Crippen molar-refractivity contribution in [2.24, 2.45) is 5.92 Å². The van der Waals surface area contributed by atoms with E-state index in [0.717, 1.165) is 30.1 Å². The number of aliphatic hydroxyl groups is 1. The molecule has 4 rings (SSSR count).